The number of hydrogen-bond donors (Lipinski definition) is 2. The van der Waals surface area contributed by atoms with E-state index in [4.69, 9.17) is 16.2 Å². The van der Waals surface area contributed by atoms with Gasteiger partial charge in [-0.05, 0) is 22.0 Å². The van der Waals surface area contributed by atoms with Crippen LogP contribution in [0, 0.1) is 0 Å². The molecule has 0 atom stereocenters. The highest BCUT2D eigenvalue weighted by atomic mass is 79.9. The Balaban J connectivity index is 2.59. The van der Waals surface area contributed by atoms with Crippen LogP contribution in [0.4, 0.5) is 11.4 Å². The van der Waals surface area contributed by atoms with Gasteiger partial charge < -0.3 is 16.2 Å². The molecule has 0 aliphatic carbocycles. The summed E-state index contributed by atoms with van der Waals surface area (Å²) in [5.41, 5.74) is 13.5. The molecule has 0 saturated carbocycles. The summed E-state index contributed by atoms with van der Waals surface area (Å²) < 4.78 is 5.41. The summed E-state index contributed by atoms with van der Waals surface area (Å²) in [6.45, 7) is 0. The minimum Gasteiger partial charge on any atom is -0.481 e. The molecule has 1 heterocycles. The third-order valence-corrected chi connectivity index (χ3v) is 2.31. The van der Waals surface area contributed by atoms with Gasteiger partial charge in [0.1, 0.15) is 23.9 Å². The van der Waals surface area contributed by atoms with E-state index in [1.165, 1.54) is 12.7 Å². The second kappa shape index (κ2) is 4.96. The number of hydrogen-bond acceptors (Lipinski definition) is 6. The Morgan fingerprint density at radius 3 is 2.53 bits per heavy atom. The van der Waals surface area contributed by atoms with Gasteiger partial charge in [-0.1, -0.05) is 0 Å². The van der Waals surface area contributed by atoms with E-state index in [1.54, 1.807) is 12.1 Å². The summed E-state index contributed by atoms with van der Waals surface area (Å²) in [7, 11) is 0. The maximum Gasteiger partial charge on any atom is 0.168 e. The smallest absolute Gasteiger partial charge is 0.168 e. The van der Waals surface area contributed by atoms with Gasteiger partial charge in [0.05, 0.1) is 5.56 Å². The lowest BCUT2D eigenvalue weighted by atomic mass is 10.1. The number of nitrogens with zero attached hydrogens (tertiary/aromatic N) is 3. The van der Waals surface area contributed by atoms with Crippen molar-refractivity contribution < 1.29 is 4.74 Å². The molecular formula is C10H10BrN5O. The first kappa shape index (κ1) is 11.6. The Kier molecular flexibility index (Phi) is 3.38. The highest BCUT2D eigenvalue weighted by Crippen LogP contribution is 2.35. The molecule has 1 aromatic heterocycles. The lowest BCUT2D eigenvalue weighted by Crippen LogP contribution is -2.01. The van der Waals surface area contributed by atoms with Crippen molar-refractivity contribution >= 4 is 27.3 Å². The summed E-state index contributed by atoms with van der Waals surface area (Å²) in [6, 6.07) is 3.32. The van der Waals surface area contributed by atoms with Crippen molar-refractivity contribution in [3.8, 4) is 17.1 Å². The third kappa shape index (κ3) is 2.44. The van der Waals surface area contributed by atoms with Crippen molar-refractivity contribution in [2.75, 3.05) is 17.0 Å². The molecule has 2 aromatic rings. The van der Waals surface area contributed by atoms with Crippen LogP contribution in [0.3, 0.4) is 0 Å². The Labute approximate surface area is 106 Å². The number of nitrogens with two attached hydrogens (primary N) is 2. The van der Waals surface area contributed by atoms with Gasteiger partial charge in [0.2, 0.25) is 0 Å². The first-order chi connectivity index (χ1) is 8.22. The number of rotatable bonds is 3. The number of aromatic nitrogens is 3. The first-order valence-corrected chi connectivity index (χ1v) is 5.84. The fraction of sp³-hybridized carbons (Fsp3) is 0.100. The average molecular weight is 296 g/mol. The van der Waals surface area contributed by atoms with Crippen LogP contribution >= 0.6 is 15.9 Å². The molecule has 6 nitrogen and oxygen atoms in total. The maximum atomic E-state index is 5.91. The van der Waals surface area contributed by atoms with Crippen molar-refractivity contribution in [1.29, 1.82) is 0 Å². The largest absolute Gasteiger partial charge is 0.481 e. The molecule has 1 aromatic carbocycles. The van der Waals surface area contributed by atoms with Crippen LogP contribution in [0.5, 0.6) is 5.75 Å². The standard InChI is InChI=1S/C10H10BrN5O/c11-3-17-8-2-6(12)1-7(13)9(8)10-15-4-14-5-16-10/h1-2,4-5H,3,12-13H2. The van der Waals surface area contributed by atoms with Crippen molar-refractivity contribution in [3.05, 3.63) is 24.8 Å². The zero-order valence-corrected chi connectivity index (χ0v) is 10.4. The summed E-state index contributed by atoms with van der Waals surface area (Å²) >= 11 is 3.18. The lowest BCUT2D eigenvalue weighted by molar-refractivity contribution is 0.399. The van der Waals surface area contributed by atoms with Gasteiger partial charge in [0.15, 0.2) is 5.82 Å². The number of anilines is 2. The van der Waals surface area contributed by atoms with Crippen LogP contribution in [-0.2, 0) is 0 Å². The highest BCUT2D eigenvalue weighted by molar-refractivity contribution is 9.09. The Hall–Kier alpha value is -1.89. The molecule has 0 saturated heterocycles. The number of ether oxygens (including phenoxy) is 1. The van der Waals surface area contributed by atoms with Crippen LogP contribution in [0.2, 0.25) is 0 Å². The second-order valence-corrected chi connectivity index (χ2v) is 3.66. The fourth-order valence-corrected chi connectivity index (χ4v) is 1.69. The fourth-order valence-electron chi connectivity index (χ4n) is 1.44. The number of nitrogen functional groups attached to an aromatic ring is 2. The minimum absolute atomic E-state index is 0.327. The van der Waals surface area contributed by atoms with E-state index in [0.717, 1.165) is 0 Å². The lowest BCUT2D eigenvalue weighted by Gasteiger charge is -2.11. The summed E-state index contributed by atoms with van der Waals surface area (Å²) in [6.07, 6.45) is 2.80. The first-order valence-electron chi connectivity index (χ1n) is 4.72. The Morgan fingerprint density at radius 1 is 1.18 bits per heavy atom. The predicted molar refractivity (Wildman–Crippen MR) is 68.5 cm³/mol. The van der Waals surface area contributed by atoms with Crippen molar-refractivity contribution in [2.24, 2.45) is 0 Å². The van der Waals surface area contributed by atoms with E-state index in [9.17, 15) is 0 Å². The van der Waals surface area contributed by atoms with Crippen LogP contribution in [0.15, 0.2) is 24.8 Å². The molecule has 7 heteroatoms. The Bertz CT molecular complexity index is 520. The van der Waals surface area contributed by atoms with E-state index in [2.05, 4.69) is 30.9 Å². The molecule has 4 N–H and O–H groups in total. The molecule has 0 amide bonds. The monoisotopic (exact) mass is 295 g/mol. The normalized spacial score (nSPS) is 10.2. The molecule has 0 radical (unpaired) electrons. The summed E-state index contributed by atoms with van der Waals surface area (Å²) in [4.78, 5) is 11.8. The number of benzene rings is 1. The molecule has 0 unspecified atom stereocenters. The van der Waals surface area contributed by atoms with E-state index >= 15 is 0 Å². The number of alkyl halides is 1. The maximum absolute atomic E-state index is 5.91. The molecular weight excluding hydrogens is 286 g/mol. The molecule has 0 bridgehead atoms. The zero-order chi connectivity index (χ0) is 12.3. The van der Waals surface area contributed by atoms with Gasteiger partial charge >= 0.3 is 0 Å². The molecule has 17 heavy (non-hydrogen) atoms. The number of halogens is 1. The van der Waals surface area contributed by atoms with E-state index in [-0.39, 0.29) is 0 Å². The predicted octanol–water partition coefficient (Wildman–Crippen LogP) is 1.43. The minimum atomic E-state index is 0.327. The van der Waals surface area contributed by atoms with Crippen LogP contribution in [0.1, 0.15) is 0 Å². The second-order valence-electron chi connectivity index (χ2n) is 3.20. The van der Waals surface area contributed by atoms with E-state index in [0.29, 0.717) is 34.0 Å². The Morgan fingerprint density at radius 2 is 1.88 bits per heavy atom. The van der Waals surface area contributed by atoms with Crippen molar-refractivity contribution in [3.63, 3.8) is 0 Å². The summed E-state index contributed by atoms with van der Waals surface area (Å²) in [5, 5.41) is 0. The molecule has 2 rings (SSSR count). The van der Waals surface area contributed by atoms with Crippen LogP contribution in [0.25, 0.3) is 11.4 Å². The quantitative estimate of drug-likeness (QED) is 0.656. The van der Waals surface area contributed by atoms with Gasteiger partial charge in [0, 0.05) is 17.4 Å². The van der Waals surface area contributed by atoms with Gasteiger partial charge in [0.25, 0.3) is 0 Å². The molecule has 88 valence electrons. The highest BCUT2D eigenvalue weighted by Gasteiger charge is 2.14. The SMILES string of the molecule is Nc1cc(N)c(-c2ncncn2)c(OCBr)c1. The van der Waals surface area contributed by atoms with Gasteiger partial charge in [-0.25, -0.2) is 15.0 Å². The molecule has 0 aliphatic heterocycles. The molecule has 0 fully saturated rings. The van der Waals surface area contributed by atoms with E-state index in [1.807, 2.05) is 0 Å². The van der Waals surface area contributed by atoms with Gasteiger partial charge in [-0.2, -0.15) is 0 Å². The average Bonchev–Trinajstić information content (AvgIpc) is 2.30. The van der Waals surface area contributed by atoms with Gasteiger partial charge in [-0.15, -0.1) is 0 Å². The van der Waals surface area contributed by atoms with Crippen molar-refractivity contribution in [1.82, 2.24) is 15.0 Å². The van der Waals surface area contributed by atoms with E-state index < -0.39 is 0 Å². The van der Waals surface area contributed by atoms with Crippen LogP contribution < -0.4 is 16.2 Å². The third-order valence-electron chi connectivity index (χ3n) is 2.08. The summed E-state index contributed by atoms with van der Waals surface area (Å²) in [5.74, 6) is 0.985. The van der Waals surface area contributed by atoms with Crippen molar-refractivity contribution in [2.45, 2.75) is 0 Å². The van der Waals surface area contributed by atoms with Crippen LogP contribution in [-0.4, -0.2) is 20.5 Å². The zero-order valence-electron chi connectivity index (χ0n) is 8.80. The molecule has 0 spiro atoms. The van der Waals surface area contributed by atoms with Gasteiger partial charge in [-0.3, -0.25) is 0 Å². The molecule has 0 aliphatic rings. The topological polar surface area (TPSA) is 99.9 Å².